The Morgan fingerprint density at radius 3 is 1.39 bits per heavy atom. The van der Waals surface area contributed by atoms with Crippen LogP contribution in [0.1, 0.15) is 23.0 Å². The molecule has 1 saturated heterocycles. The van der Waals surface area contributed by atoms with Crippen molar-refractivity contribution in [3.63, 3.8) is 0 Å². The first-order chi connectivity index (χ1) is 17.7. The lowest BCUT2D eigenvalue weighted by molar-refractivity contribution is -0.122. The van der Waals surface area contributed by atoms with Crippen molar-refractivity contribution in [2.24, 2.45) is 11.8 Å². The lowest BCUT2D eigenvalue weighted by atomic mass is 9.68. The Bertz CT molecular complexity index is 1330. The summed E-state index contributed by atoms with van der Waals surface area (Å²) in [4.78, 5) is 29.2. The van der Waals surface area contributed by atoms with Crippen molar-refractivity contribution in [1.82, 2.24) is 0 Å². The van der Waals surface area contributed by atoms with Crippen molar-refractivity contribution in [3.05, 3.63) is 139 Å². The molecule has 0 aromatic heterocycles. The van der Waals surface area contributed by atoms with Crippen LogP contribution in [0.3, 0.4) is 0 Å². The third-order valence-corrected chi connectivity index (χ3v) is 7.14. The van der Waals surface area contributed by atoms with E-state index in [0.29, 0.717) is 11.4 Å². The maximum absolute atomic E-state index is 13.9. The SMILES string of the molecule is O=C1[C@@H]2[C@H](C(=O)N1c1ccc(Oc3ccccc3)cc1)[C@H](c1ccccc1)C=C[C@@H]2c1ccccc1. The molecule has 2 aliphatic rings. The van der Waals surface area contributed by atoms with E-state index in [4.69, 9.17) is 4.74 Å². The van der Waals surface area contributed by atoms with Gasteiger partial charge in [-0.15, -0.1) is 0 Å². The number of allylic oxidation sites excluding steroid dienone is 2. The summed E-state index contributed by atoms with van der Waals surface area (Å²) in [5.41, 5.74) is 2.66. The molecular weight excluding hydrogens is 446 g/mol. The summed E-state index contributed by atoms with van der Waals surface area (Å²) in [5, 5.41) is 0. The number of rotatable bonds is 5. The van der Waals surface area contributed by atoms with E-state index < -0.39 is 11.8 Å². The Kier molecular flexibility index (Phi) is 5.70. The Balaban J connectivity index is 1.36. The molecule has 4 aromatic rings. The van der Waals surface area contributed by atoms with E-state index in [1.807, 2.05) is 91.0 Å². The standard InChI is InChI=1S/C32H25NO3/c34-31-29-27(22-10-4-1-5-11-22)20-21-28(23-12-6-2-7-13-23)30(29)32(35)33(31)24-16-18-26(19-17-24)36-25-14-8-3-9-15-25/h1-21,27-30H/t27-,28+,29+,30-. The molecule has 4 atom stereocenters. The van der Waals surface area contributed by atoms with Crippen LogP contribution in [0, 0.1) is 11.8 Å². The van der Waals surface area contributed by atoms with Gasteiger partial charge >= 0.3 is 0 Å². The fourth-order valence-electron chi connectivity index (χ4n) is 5.48. The second-order valence-corrected chi connectivity index (χ2v) is 9.23. The zero-order chi connectivity index (χ0) is 24.5. The van der Waals surface area contributed by atoms with Crippen LogP contribution in [0.2, 0.25) is 0 Å². The molecule has 1 fully saturated rings. The third kappa shape index (κ3) is 3.91. The number of hydrogen-bond acceptors (Lipinski definition) is 3. The molecule has 0 radical (unpaired) electrons. The van der Waals surface area contributed by atoms with Crippen molar-refractivity contribution in [2.75, 3.05) is 4.90 Å². The number of fused-ring (bicyclic) bond motifs is 1. The monoisotopic (exact) mass is 471 g/mol. The highest BCUT2D eigenvalue weighted by molar-refractivity contribution is 6.23. The van der Waals surface area contributed by atoms with Gasteiger partial charge in [-0.2, -0.15) is 0 Å². The van der Waals surface area contributed by atoms with E-state index in [2.05, 4.69) is 12.2 Å². The predicted molar refractivity (Wildman–Crippen MR) is 140 cm³/mol. The quantitative estimate of drug-likeness (QED) is 0.240. The van der Waals surface area contributed by atoms with Crippen molar-refractivity contribution < 1.29 is 14.3 Å². The van der Waals surface area contributed by atoms with Crippen molar-refractivity contribution in [1.29, 1.82) is 0 Å². The number of para-hydroxylation sites is 1. The number of anilines is 1. The minimum absolute atomic E-state index is 0.152. The average molecular weight is 472 g/mol. The molecule has 0 N–H and O–H groups in total. The van der Waals surface area contributed by atoms with Gasteiger partial charge in [-0.05, 0) is 47.5 Å². The number of ether oxygens (including phenoxy) is 1. The minimum atomic E-state index is -0.463. The van der Waals surface area contributed by atoms with Crippen LogP contribution >= 0.6 is 0 Å². The smallest absolute Gasteiger partial charge is 0.238 e. The largest absolute Gasteiger partial charge is 0.457 e. The van der Waals surface area contributed by atoms with Crippen molar-refractivity contribution in [3.8, 4) is 11.5 Å². The van der Waals surface area contributed by atoms with Crippen LogP contribution in [0.4, 0.5) is 5.69 Å². The van der Waals surface area contributed by atoms with Crippen molar-refractivity contribution >= 4 is 17.5 Å². The minimum Gasteiger partial charge on any atom is -0.457 e. The first-order valence-electron chi connectivity index (χ1n) is 12.2. The number of nitrogens with zero attached hydrogens (tertiary/aromatic N) is 1. The summed E-state index contributed by atoms with van der Waals surface area (Å²) in [7, 11) is 0. The Hall–Kier alpha value is -4.44. The number of carbonyl (C=O) groups excluding carboxylic acids is 2. The maximum Gasteiger partial charge on any atom is 0.238 e. The van der Waals surface area contributed by atoms with Gasteiger partial charge in [-0.3, -0.25) is 9.59 Å². The van der Waals surface area contributed by atoms with Gasteiger partial charge in [0.15, 0.2) is 0 Å². The first-order valence-corrected chi connectivity index (χ1v) is 12.2. The van der Waals surface area contributed by atoms with Crippen LogP contribution in [0.25, 0.3) is 0 Å². The summed E-state index contributed by atoms with van der Waals surface area (Å²) < 4.78 is 5.90. The van der Waals surface area contributed by atoms with Crippen LogP contribution in [-0.4, -0.2) is 11.8 Å². The van der Waals surface area contributed by atoms with Crippen LogP contribution in [-0.2, 0) is 9.59 Å². The first kappa shape index (κ1) is 22.1. The van der Waals surface area contributed by atoms with Gasteiger partial charge in [-0.25, -0.2) is 4.90 Å². The van der Waals surface area contributed by atoms with Gasteiger partial charge in [0, 0.05) is 11.8 Å². The predicted octanol–water partition coefficient (Wildman–Crippen LogP) is 6.72. The molecule has 1 heterocycles. The second-order valence-electron chi connectivity index (χ2n) is 9.23. The van der Waals surface area contributed by atoms with Gasteiger partial charge in [0.1, 0.15) is 11.5 Å². The summed E-state index contributed by atoms with van der Waals surface area (Å²) >= 11 is 0. The molecule has 4 nitrogen and oxygen atoms in total. The molecule has 4 aromatic carbocycles. The molecule has 0 unspecified atom stereocenters. The Morgan fingerprint density at radius 1 is 0.500 bits per heavy atom. The zero-order valence-electron chi connectivity index (χ0n) is 19.6. The fraction of sp³-hybridized carbons (Fsp3) is 0.125. The van der Waals surface area contributed by atoms with Gasteiger partial charge in [0.25, 0.3) is 0 Å². The van der Waals surface area contributed by atoms with E-state index in [-0.39, 0.29) is 23.7 Å². The Morgan fingerprint density at radius 2 is 0.917 bits per heavy atom. The molecule has 4 heteroatoms. The van der Waals surface area contributed by atoms with Gasteiger partial charge in [0.05, 0.1) is 17.5 Å². The molecule has 0 bridgehead atoms. The summed E-state index contributed by atoms with van der Waals surface area (Å²) in [5.74, 6) is -0.163. The normalized spacial score (nSPS) is 22.9. The van der Waals surface area contributed by atoms with Gasteiger partial charge in [-0.1, -0.05) is 91.0 Å². The van der Waals surface area contributed by atoms with Gasteiger partial charge < -0.3 is 4.74 Å². The van der Waals surface area contributed by atoms with E-state index in [1.165, 1.54) is 4.90 Å². The molecule has 36 heavy (non-hydrogen) atoms. The fourth-order valence-corrected chi connectivity index (χ4v) is 5.48. The van der Waals surface area contributed by atoms with Gasteiger partial charge in [0.2, 0.25) is 11.8 Å². The Labute approximate surface area is 210 Å². The van der Waals surface area contributed by atoms with Crippen molar-refractivity contribution in [2.45, 2.75) is 11.8 Å². The highest BCUT2D eigenvalue weighted by Gasteiger charge is 2.55. The lowest BCUT2D eigenvalue weighted by Gasteiger charge is -2.32. The molecule has 1 aliphatic carbocycles. The second kappa shape index (κ2) is 9.31. The maximum atomic E-state index is 13.9. The number of benzene rings is 4. The van der Waals surface area contributed by atoms with E-state index in [1.54, 1.807) is 24.3 Å². The van der Waals surface area contributed by atoms with Crippen LogP contribution < -0.4 is 9.64 Å². The molecule has 1 aliphatic heterocycles. The van der Waals surface area contributed by atoms with E-state index >= 15 is 0 Å². The molecule has 176 valence electrons. The van der Waals surface area contributed by atoms with Crippen LogP contribution in [0.5, 0.6) is 11.5 Å². The van der Waals surface area contributed by atoms with E-state index in [0.717, 1.165) is 16.9 Å². The number of amides is 2. The summed E-state index contributed by atoms with van der Waals surface area (Å²) in [6, 6.07) is 36.7. The highest BCUT2D eigenvalue weighted by atomic mass is 16.5. The van der Waals surface area contributed by atoms with Crippen LogP contribution in [0.15, 0.2) is 127 Å². The molecule has 2 amide bonds. The number of carbonyl (C=O) groups is 2. The molecular formula is C32H25NO3. The van der Waals surface area contributed by atoms with E-state index in [9.17, 15) is 9.59 Å². The average Bonchev–Trinajstić information content (AvgIpc) is 3.20. The lowest BCUT2D eigenvalue weighted by Crippen LogP contribution is -2.31. The summed E-state index contributed by atoms with van der Waals surface area (Å²) in [6.45, 7) is 0. The number of imide groups is 1. The zero-order valence-corrected chi connectivity index (χ0v) is 19.6. The highest BCUT2D eigenvalue weighted by Crippen LogP contribution is 2.50. The molecule has 6 rings (SSSR count). The number of hydrogen-bond donors (Lipinski definition) is 0. The molecule has 0 saturated carbocycles. The third-order valence-electron chi connectivity index (χ3n) is 7.14. The molecule has 0 spiro atoms. The topological polar surface area (TPSA) is 46.6 Å². The summed E-state index contributed by atoms with van der Waals surface area (Å²) in [6.07, 6.45) is 4.22.